The zero-order valence-electron chi connectivity index (χ0n) is 13.9. The van der Waals surface area contributed by atoms with Crippen molar-refractivity contribution in [1.82, 2.24) is 5.09 Å². The Balaban J connectivity index is 2.62. The van der Waals surface area contributed by atoms with E-state index in [0.29, 0.717) is 6.42 Å². The first kappa shape index (κ1) is 19.6. The lowest BCUT2D eigenvalue weighted by Crippen LogP contribution is -2.47. The second kappa shape index (κ2) is 8.60. The summed E-state index contributed by atoms with van der Waals surface area (Å²) in [6.45, 7) is 1.73. The van der Waals surface area contributed by atoms with Crippen molar-refractivity contribution >= 4 is 32.6 Å². The smallest absolute Gasteiger partial charge is 0.285 e. The molecule has 136 valence electrons. The second-order valence-electron chi connectivity index (χ2n) is 5.33. The number of anilines is 1. The van der Waals surface area contributed by atoms with Gasteiger partial charge in [0.25, 0.3) is 17.5 Å². The Hall–Kier alpha value is -2.70. The number of para-hydroxylation sites is 1. The molecule has 2 amide bonds. The van der Waals surface area contributed by atoms with Crippen molar-refractivity contribution in [2.24, 2.45) is 0 Å². The van der Waals surface area contributed by atoms with Crippen LogP contribution in [0, 0.1) is 15.9 Å². The number of carbonyl (C=O) groups is 2. The van der Waals surface area contributed by atoms with Crippen LogP contribution >= 0.6 is 9.39 Å². The fourth-order valence-electron chi connectivity index (χ4n) is 2.43. The molecule has 1 unspecified atom stereocenters. The van der Waals surface area contributed by atoms with Gasteiger partial charge in [0.15, 0.2) is 5.56 Å². The second-order valence-corrected chi connectivity index (χ2v) is 5.67. The number of halogens is 1. The zero-order chi connectivity index (χ0) is 19.3. The molecule has 0 aromatic heterocycles. The van der Waals surface area contributed by atoms with Crippen molar-refractivity contribution in [1.29, 1.82) is 0 Å². The van der Waals surface area contributed by atoms with E-state index in [1.807, 2.05) is 0 Å². The summed E-state index contributed by atoms with van der Waals surface area (Å²) in [7, 11) is 2.19. The minimum atomic E-state index is -1.09. The molecule has 0 aliphatic heterocycles. The highest BCUT2D eigenvalue weighted by Gasteiger charge is 2.35. The fraction of sp³-hybridized carbons (Fsp3) is 0.176. The SMILES string of the molecule is CC[C@H](NP)C(=O)N(C(=O)c1c(F)cccc1[N+](=O)[O-])c1ccccc1. The number of benzene rings is 2. The summed E-state index contributed by atoms with van der Waals surface area (Å²) in [4.78, 5) is 37.0. The van der Waals surface area contributed by atoms with Crippen LogP contribution in [0.25, 0.3) is 0 Å². The standard InChI is InChI=1S/C17H17FN3O4P/c1-2-13(19-26)16(22)20(11-7-4-3-5-8-11)17(23)15-12(18)9-6-10-14(15)21(24)25/h3-10,13,19H,2,26H2,1H3/t13-/m0/s1. The van der Waals surface area contributed by atoms with E-state index in [0.717, 1.165) is 23.1 Å². The van der Waals surface area contributed by atoms with E-state index in [1.54, 1.807) is 25.1 Å². The maximum Gasteiger partial charge on any atom is 0.285 e. The normalized spacial score (nSPS) is 11.7. The average molecular weight is 377 g/mol. The third-order valence-electron chi connectivity index (χ3n) is 3.75. The van der Waals surface area contributed by atoms with E-state index < -0.39 is 39.8 Å². The molecule has 1 N–H and O–H groups in total. The van der Waals surface area contributed by atoms with Crippen LogP contribution in [0.2, 0.25) is 0 Å². The molecule has 0 spiro atoms. The first-order chi connectivity index (χ1) is 12.4. The summed E-state index contributed by atoms with van der Waals surface area (Å²) in [5.41, 5.74) is -1.26. The van der Waals surface area contributed by atoms with E-state index in [2.05, 4.69) is 14.5 Å². The van der Waals surface area contributed by atoms with Crippen LogP contribution in [0.3, 0.4) is 0 Å². The Morgan fingerprint density at radius 1 is 1.23 bits per heavy atom. The predicted molar refractivity (Wildman–Crippen MR) is 98.2 cm³/mol. The zero-order valence-corrected chi connectivity index (χ0v) is 15.0. The first-order valence-electron chi connectivity index (χ1n) is 7.74. The van der Waals surface area contributed by atoms with E-state index in [-0.39, 0.29) is 5.69 Å². The van der Waals surface area contributed by atoms with Gasteiger partial charge in [0.05, 0.1) is 16.7 Å². The Kier molecular flexibility index (Phi) is 6.49. The van der Waals surface area contributed by atoms with Crippen LogP contribution in [-0.2, 0) is 4.79 Å². The summed E-state index contributed by atoms with van der Waals surface area (Å²) in [6.07, 6.45) is 0.359. The minimum absolute atomic E-state index is 0.193. The van der Waals surface area contributed by atoms with Crippen molar-refractivity contribution in [3.63, 3.8) is 0 Å². The van der Waals surface area contributed by atoms with Gasteiger partial charge in [0.1, 0.15) is 5.82 Å². The lowest BCUT2D eigenvalue weighted by atomic mass is 10.1. The maximum atomic E-state index is 14.3. The molecule has 0 heterocycles. The molecule has 0 saturated heterocycles. The number of carbonyl (C=O) groups excluding carboxylic acids is 2. The minimum Gasteiger partial charge on any atom is -0.289 e. The number of rotatable bonds is 6. The molecule has 26 heavy (non-hydrogen) atoms. The highest BCUT2D eigenvalue weighted by atomic mass is 31.0. The monoisotopic (exact) mass is 377 g/mol. The molecule has 0 fully saturated rings. The summed E-state index contributed by atoms with van der Waals surface area (Å²) in [6, 6.07) is 10.3. The van der Waals surface area contributed by atoms with Gasteiger partial charge in [-0.3, -0.25) is 24.8 Å². The molecule has 0 bridgehead atoms. The van der Waals surface area contributed by atoms with Gasteiger partial charge in [-0.15, -0.1) is 0 Å². The van der Waals surface area contributed by atoms with Gasteiger partial charge in [-0.2, -0.15) is 0 Å². The molecular formula is C17H17FN3O4P. The Morgan fingerprint density at radius 2 is 1.88 bits per heavy atom. The maximum absolute atomic E-state index is 14.3. The van der Waals surface area contributed by atoms with Crippen LogP contribution in [0.15, 0.2) is 48.5 Å². The molecule has 7 nitrogen and oxygen atoms in total. The van der Waals surface area contributed by atoms with E-state index in [4.69, 9.17) is 0 Å². The van der Waals surface area contributed by atoms with Crippen LogP contribution < -0.4 is 9.99 Å². The summed E-state index contributed by atoms with van der Waals surface area (Å²) < 4.78 is 14.3. The van der Waals surface area contributed by atoms with E-state index in [1.165, 1.54) is 12.1 Å². The van der Waals surface area contributed by atoms with Gasteiger partial charge in [0, 0.05) is 6.07 Å². The Labute approximate surface area is 151 Å². The fourth-order valence-corrected chi connectivity index (χ4v) is 2.81. The molecule has 2 aromatic carbocycles. The molecule has 2 atom stereocenters. The van der Waals surface area contributed by atoms with Gasteiger partial charge in [-0.1, -0.05) is 40.6 Å². The number of hydrogen-bond acceptors (Lipinski definition) is 5. The number of imide groups is 1. The van der Waals surface area contributed by atoms with Crippen molar-refractivity contribution in [3.8, 4) is 0 Å². The molecule has 2 rings (SSSR count). The molecule has 0 saturated carbocycles. The molecule has 0 radical (unpaired) electrons. The van der Waals surface area contributed by atoms with Crippen LogP contribution in [0.1, 0.15) is 23.7 Å². The van der Waals surface area contributed by atoms with Crippen LogP contribution in [-0.4, -0.2) is 22.8 Å². The molecular weight excluding hydrogens is 360 g/mol. The summed E-state index contributed by atoms with van der Waals surface area (Å²) in [5, 5.41) is 13.9. The van der Waals surface area contributed by atoms with Crippen LogP contribution in [0.4, 0.5) is 15.8 Å². The average Bonchev–Trinajstić information content (AvgIpc) is 2.63. The van der Waals surface area contributed by atoms with E-state index >= 15 is 0 Å². The topological polar surface area (TPSA) is 92.6 Å². The molecule has 2 aromatic rings. The van der Waals surface area contributed by atoms with Crippen molar-refractivity contribution in [2.45, 2.75) is 19.4 Å². The Morgan fingerprint density at radius 3 is 2.42 bits per heavy atom. The summed E-state index contributed by atoms with van der Waals surface area (Å²) >= 11 is 0. The van der Waals surface area contributed by atoms with Gasteiger partial charge in [-0.05, 0) is 24.6 Å². The van der Waals surface area contributed by atoms with E-state index in [9.17, 15) is 24.1 Å². The number of nitro groups is 1. The van der Waals surface area contributed by atoms with Crippen LogP contribution in [0.5, 0.6) is 0 Å². The van der Waals surface area contributed by atoms with Gasteiger partial charge in [0.2, 0.25) is 0 Å². The highest BCUT2D eigenvalue weighted by molar-refractivity contribution is 7.13. The van der Waals surface area contributed by atoms with Gasteiger partial charge < -0.3 is 0 Å². The largest absolute Gasteiger partial charge is 0.289 e. The lowest BCUT2D eigenvalue weighted by molar-refractivity contribution is -0.385. The third kappa shape index (κ3) is 3.92. The van der Waals surface area contributed by atoms with Crippen molar-refractivity contribution in [3.05, 3.63) is 70.0 Å². The number of amides is 2. The number of hydrogen-bond donors (Lipinski definition) is 1. The number of nitrogens with one attached hydrogen (secondary N) is 1. The van der Waals surface area contributed by atoms with Crippen molar-refractivity contribution in [2.75, 3.05) is 4.90 Å². The third-order valence-corrected chi connectivity index (χ3v) is 4.15. The van der Waals surface area contributed by atoms with Gasteiger partial charge >= 0.3 is 0 Å². The number of nitro benzene ring substituents is 1. The summed E-state index contributed by atoms with van der Waals surface area (Å²) in [5.74, 6) is -2.80. The molecule has 0 aliphatic carbocycles. The molecule has 0 aliphatic rings. The quantitative estimate of drug-likeness (QED) is 0.475. The first-order valence-corrected chi connectivity index (χ1v) is 8.32. The van der Waals surface area contributed by atoms with Gasteiger partial charge in [-0.25, -0.2) is 9.29 Å². The Bertz CT molecular complexity index is 828. The lowest BCUT2D eigenvalue weighted by Gasteiger charge is -2.25. The molecule has 9 heteroatoms. The predicted octanol–water partition coefficient (Wildman–Crippen LogP) is 3.07. The van der Waals surface area contributed by atoms with Crippen molar-refractivity contribution < 1.29 is 18.9 Å². The highest BCUT2D eigenvalue weighted by Crippen LogP contribution is 2.26. The number of nitrogens with zero attached hydrogens (tertiary/aromatic N) is 2.